The minimum atomic E-state index is -0.449. The predicted molar refractivity (Wildman–Crippen MR) is 93.2 cm³/mol. The maximum absolute atomic E-state index is 13.1. The maximum atomic E-state index is 13.1. The largest absolute Gasteiger partial charge is 0.480 e. The fourth-order valence-corrected chi connectivity index (χ4v) is 3.50. The Bertz CT molecular complexity index is 704. The van der Waals surface area contributed by atoms with Gasteiger partial charge in [0.05, 0.1) is 6.10 Å². The molecule has 4 rings (SSSR count). The molecule has 5 nitrogen and oxygen atoms in total. The Balaban J connectivity index is 1.49. The number of hydrogen-bond donors (Lipinski definition) is 0. The first-order valence-corrected chi connectivity index (χ1v) is 8.83. The van der Waals surface area contributed by atoms with Crippen molar-refractivity contribution in [2.45, 2.75) is 38.0 Å². The van der Waals surface area contributed by atoms with Crippen molar-refractivity contribution in [3.05, 3.63) is 59.9 Å². The summed E-state index contributed by atoms with van der Waals surface area (Å²) in [6.07, 6.45) is 5.91. The number of carbonyl (C=O) groups is 1. The van der Waals surface area contributed by atoms with Crippen LogP contribution < -0.4 is 4.74 Å². The van der Waals surface area contributed by atoms with Crippen LogP contribution in [0, 0.1) is 0 Å². The lowest BCUT2D eigenvalue weighted by molar-refractivity contribution is -0.140. The molecule has 5 heteroatoms. The van der Waals surface area contributed by atoms with Crippen molar-refractivity contribution in [2.75, 3.05) is 13.2 Å². The van der Waals surface area contributed by atoms with E-state index in [4.69, 9.17) is 9.47 Å². The third-order valence-electron chi connectivity index (χ3n) is 4.78. The number of para-hydroxylation sites is 1. The Morgan fingerprint density at radius 1 is 1.24 bits per heavy atom. The van der Waals surface area contributed by atoms with Crippen molar-refractivity contribution < 1.29 is 14.3 Å². The summed E-state index contributed by atoms with van der Waals surface area (Å²) in [6.45, 7) is 1.91. The van der Waals surface area contributed by atoms with Crippen LogP contribution in [0.4, 0.5) is 0 Å². The number of pyridine rings is 1. The zero-order valence-electron chi connectivity index (χ0n) is 14.1. The summed E-state index contributed by atoms with van der Waals surface area (Å²) in [6, 6.07) is 11.8. The van der Waals surface area contributed by atoms with Gasteiger partial charge in [0.15, 0.2) is 6.10 Å². The third-order valence-corrected chi connectivity index (χ3v) is 4.78. The van der Waals surface area contributed by atoms with E-state index in [9.17, 15) is 4.79 Å². The molecule has 2 aromatic rings. The average molecular weight is 338 g/mol. The highest BCUT2D eigenvalue weighted by atomic mass is 16.5. The number of nitrogens with zero attached hydrogens (tertiary/aromatic N) is 2. The summed E-state index contributed by atoms with van der Waals surface area (Å²) in [5.74, 6) is 0.842. The maximum Gasteiger partial charge on any atom is 0.264 e. The SMILES string of the molecule is O=C([C@H]1Cc2ccccc2O1)N(Cc1cccnc1)C[C@@H]1CCCO1. The Morgan fingerprint density at radius 3 is 2.92 bits per heavy atom. The van der Waals surface area contributed by atoms with Crippen molar-refractivity contribution in [3.8, 4) is 5.75 Å². The molecule has 1 amide bonds. The van der Waals surface area contributed by atoms with Crippen LogP contribution in [0.5, 0.6) is 5.75 Å². The van der Waals surface area contributed by atoms with Gasteiger partial charge in [0.1, 0.15) is 5.75 Å². The van der Waals surface area contributed by atoms with Gasteiger partial charge in [0, 0.05) is 38.5 Å². The molecule has 25 heavy (non-hydrogen) atoms. The molecule has 0 saturated carbocycles. The number of carbonyl (C=O) groups excluding carboxylic acids is 1. The van der Waals surface area contributed by atoms with Crippen molar-refractivity contribution in [3.63, 3.8) is 0 Å². The van der Waals surface area contributed by atoms with Crippen molar-refractivity contribution >= 4 is 5.91 Å². The van der Waals surface area contributed by atoms with Crippen molar-refractivity contribution in [1.29, 1.82) is 0 Å². The first-order chi connectivity index (χ1) is 12.3. The fourth-order valence-electron chi connectivity index (χ4n) is 3.50. The van der Waals surface area contributed by atoms with E-state index in [2.05, 4.69) is 4.98 Å². The second-order valence-electron chi connectivity index (χ2n) is 6.63. The van der Waals surface area contributed by atoms with Crippen molar-refractivity contribution in [2.24, 2.45) is 0 Å². The summed E-state index contributed by atoms with van der Waals surface area (Å²) in [4.78, 5) is 19.2. The van der Waals surface area contributed by atoms with Gasteiger partial charge in [-0.05, 0) is 36.1 Å². The Kier molecular flexibility index (Phi) is 4.65. The zero-order chi connectivity index (χ0) is 17.1. The van der Waals surface area contributed by atoms with Crippen LogP contribution in [0.1, 0.15) is 24.0 Å². The van der Waals surface area contributed by atoms with Gasteiger partial charge in [-0.3, -0.25) is 9.78 Å². The van der Waals surface area contributed by atoms with Gasteiger partial charge in [0.2, 0.25) is 0 Å². The lowest BCUT2D eigenvalue weighted by atomic mass is 10.1. The number of amides is 1. The Hall–Kier alpha value is -2.40. The molecule has 3 heterocycles. The highest BCUT2D eigenvalue weighted by Crippen LogP contribution is 2.29. The molecule has 1 aromatic carbocycles. The number of rotatable bonds is 5. The Morgan fingerprint density at radius 2 is 2.16 bits per heavy atom. The van der Waals surface area contributed by atoms with Gasteiger partial charge in [-0.15, -0.1) is 0 Å². The van der Waals surface area contributed by atoms with Crippen LogP contribution in [0.3, 0.4) is 0 Å². The standard InChI is InChI=1S/C20H22N2O3/c23-20(19-11-16-6-1-2-8-18(16)25-19)22(14-17-7-4-10-24-17)13-15-5-3-9-21-12-15/h1-3,5-6,8-9,12,17,19H,4,7,10-11,13-14H2/t17-,19+/m0/s1. The molecule has 0 spiro atoms. The normalized spacial score (nSPS) is 21.6. The topological polar surface area (TPSA) is 51.7 Å². The van der Waals surface area contributed by atoms with Crippen LogP contribution in [-0.4, -0.2) is 41.2 Å². The molecule has 0 aliphatic carbocycles. The molecule has 1 aromatic heterocycles. The second-order valence-corrected chi connectivity index (χ2v) is 6.63. The molecule has 2 aliphatic heterocycles. The van der Waals surface area contributed by atoms with Crippen LogP contribution in [0.25, 0.3) is 0 Å². The van der Waals surface area contributed by atoms with Crippen LogP contribution >= 0.6 is 0 Å². The molecule has 0 N–H and O–H groups in total. The van der Waals surface area contributed by atoms with Crippen LogP contribution in [0.2, 0.25) is 0 Å². The quantitative estimate of drug-likeness (QED) is 0.841. The number of benzene rings is 1. The zero-order valence-corrected chi connectivity index (χ0v) is 14.1. The molecule has 0 bridgehead atoms. The van der Waals surface area contributed by atoms with E-state index in [1.54, 1.807) is 12.4 Å². The minimum Gasteiger partial charge on any atom is -0.480 e. The number of fused-ring (bicyclic) bond motifs is 1. The van der Waals surface area contributed by atoms with Crippen LogP contribution in [0.15, 0.2) is 48.8 Å². The lowest BCUT2D eigenvalue weighted by Gasteiger charge is -2.27. The van der Waals surface area contributed by atoms with E-state index < -0.39 is 6.10 Å². The van der Waals surface area contributed by atoms with E-state index in [1.165, 1.54) is 0 Å². The summed E-state index contributed by atoms with van der Waals surface area (Å²) in [7, 11) is 0. The first-order valence-electron chi connectivity index (χ1n) is 8.83. The van der Waals surface area contributed by atoms with Gasteiger partial charge >= 0.3 is 0 Å². The molecule has 0 unspecified atom stereocenters. The number of aromatic nitrogens is 1. The monoisotopic (exact) mass is 338 g/mol. The lowest BCUT2D eigenvalue weighted by Crippen LogP contribution is -2.44. The Labute approximate surface area is 147 Å². The van der Waals surface area contributed by atoms with Crippen molar-refractivity contribution in [1.82, 2.24) is 9.88 Å². The molecular formula is C20H22N2O3. The van der Waals surface area contributed by atoms with Crippen LogP contribution in [-0.2, 0) is 22.5 Å². The number of ether oxygens (including phenoxy) is 2. The summed E-state index contributed by atoms with van der Waals surface area (Å²) in [5, 5.41) is 0. The average Bonchev–Trinajstić information content (AvgIpc) is 3.30. The minimum absolute atomic E-state index is 0.0237. The van der Waals surface area contributed by atoms with E-state index in [1.807, 2.05) is 41.3 Å². The smallest absolute Gasteiger partial charge is 0.264 e. The molecule has 2 aliphatic rings. The highest BCUT2D eigenvalue weighted by Gasteiger charge is 2.33. The van der Waals surface area contributed by atoms with E-state index >= 15 is 0 Å². The second kappa shape index (κ2) is 7.23. The number of hydrogen-bond acceptors (Lipinski definition) is 4. The third kappa shape index (κ3) is 3.66. The molecule has 1 saturated heterocycles. The van der Waals surface area contributed by atoms with E-state index in [-0.39, 0.29) is 12.0 Å². The van der Waals surface area contributed by atoms with E-state index in [0.717, 1.165) is 36.3 Å². The molecule has 130 valence electrons. The summed E-state index contributed by atoms with van der Waals surface area (Å²) < 4.78 is 11.6. The van der Waals surface area contributed by atoms with Gasteiger partial charge in [-0.2, -0.15) is 0 Å². The summed E-state index contributed by atoms with van der Waals surface area (Å²) >= 11 is 0. The van der Waals surface area contributed by atoms with Gasteiger partial charge < -0.3 is 14.4 Å². The molecule has 1 fully saturated rings. The van der Waals surface area contributed by atoms with Gasteiger partial charge in [0.25, 0.3) is 5.91 Å². The first kappa shape index (κ1) is 16.1. The van der Waals surface area contributed by atoms with E-state index in [0.29, 0.717) is 19.5 Å². The fraction of sp³-hybridized carbons (Fsp3) is 0.400. The highest BCUT2D eigenvalue weighted by molar-refractivity contribution is 5.82. The van der Waals surface area contributed by atoms with Gasteiger partial charge in [-0.25, -0.2) is 0 Å². The molecular weight excluding hydrogens is 316 g/mol. The summed E-state index contributed by atoms with van der Waals surface area (Å²) in [5.41, 5.74) is 2.11. The van der Waals surface area contributed by atoms with Gasteiger partial charge in [-0.1, -0.05) is 24.3 Å². The molecule has 2 atom stereocenters. The molecule has 0 radical (unpaired) electrons. The predicted octanol–water partition coefficient (Wildman–Crippen LogP) is 2.59.